The summed E-state index contributed by atoms with van der Waals surface area (Å²) in [5, 5.41) is 3.27. The van der Waals surface area contributed by atoms with E-state index in [0.717, 1.165) is 24.3 Å². The summed E-state index contributed by atoms with van der Waals surface area (Å²) in [4.78, 5) is 4.09. The molecule has 4 heteroatoms. The zero-order valence-corrected chi connectivity index (χ0v) is 9.29. The highest BCUT2D eigenvalue weighted by Gasteiger charge is 2.16. The van der Waals surface area contributed by atoms with Crippen LogP contribution in [0.4, 0.5) is 4.39 Å². The van der Waals surface area contributed by atoms with Gasteiger partial charge in [0.2, 0.25) is 0 Å². The van der Waals surface area contributed by atoms with Crippen LogP contribution in [0.1, 0.15) is 18.4 Å². The van der Waals surface area contributed by atoms with E-state index in [0.29, 0.717) is 19.1 Å². The quantitative estimate of drug-likeness (QED) is 0.799. The molecule has 2 rings (SSSR count). The molecule has 1 aliphatic heterocycles. The van der Waals surface area contributed by atoms with Gasteiger partial charge in [-0.25, -0.2) is 0 Å². The lowest BCUT2D eigenvalue weighted by Gasteiger charge is -2.27. The molecule has 1 unspecified atom stereocenters. The lowest BCUT2D eigenvalue weighted by Crippen LogP contribution is -2.46. The van der Waals surface area contributed by atoms with Gasteiger partial charge in [0.05, 0.1) is 12.9 Å². The van der Waals surface area contributed by atoms with E-state index in [1.807, 2.05) is 6.07 Å². The number of halogens is 1. The number of aryl methyl sites for hydroxylation is 1. The zero-order valence-electron chi connectivity index (χ0n) is 9.29. The minimum Gasteiger partial charge on any atom is -0.490 e. The third kappa shape index (κ3) is 3.17. The van der Waals surface area contributed by atoms with Crippen molar-refractivity contribution in [1.82, 2.24) is 10.3 Å². The first-order chi connectivity index (χ1) is 7.88. The number of ether oxygens (including phenoxy) is 1. The maximum Gasteiger partial charge on any atom is 0.137 e. The number of alkyl halides is 1. The molecule has 1 fully saturated rings. The van der Waals surface area contributed by atoms with Crippen molar-refractivity contribution in [2.45, 2.75) is 25.3 Å². The van der Waals surface area contributed by atoms with Crippen LogP contribution < -0.4 is 10.1 Å². The first-order valence-electron chi connectivity index (χ1n) is 5.74. The predicted molar refractivity (Wildman–Crippen MR) is 60.4 cm³/mol. The van der Waals surface area contributed by atoms with Crippen LogP contribution in [-0.2, 0) is 6.42 Å². The van der Waals surface area contributed by atoms with Crippen LogP contribution in [0, 0.1) is 0 Å². The molecule has 0 bridgehead atoms. The SMILES string of the molecule is FCCCc1cncc(OCC2CCN2)c1. The normalized spacial score (nSPS) is 19.2. The predicted octanol–water partition coefficient (Wildman–Crippen LogP) is 1.72. The molecule has 2 heterocycles. The van der Waals surface area contributed by atoms with E-state index >= 15 is 0 Å². The third-order valence-electron chi connectivity index (χ3n) is 2.75. The van der Waals surface area contributed by atoms with Crippen LogP contribution >= 0.6 is 0 Å². The van der Waals surface area contributed by atoms with Gasteiger partial charge in [0.1, 0.15) is 12.4 Å². The van der Waals surface area contributed by atoms with Crippen LogP contribution in [-0.4, -0.2) is 30.9 Å². The highest BCUT2D eigenvalue weighted by Crippen LogP contribution is 2.14. The smallest absolute Gasteiger partial charge is 0.137 e. The Labute approximate surface area is 95.0 Å². The molecule has 1 aromatic heterocycles. The number of rotatable bonds is 6. The van der Waals surface area contributed by atoms with Crippen molar-refractivity contribution in [1.29, 1.82) is 0 Å². The van der Waals surface area contributed by atoms with Crippen molar-refractivity contribution in [3.63, 3.8) is 0 Å². The zero-order chi connectivity index (χ0) is 11.2. The second-order valence-electron chi connectivity index (χ2n) is 4.07. The number of hydrogen-bond acceptors (Lipinski definition) is 3. The van der Waals surface area contributed by atoms with Crippen molar-refractivity contribution in [2.24, 2.45) is 0 Å². The first kappa shape index (κ1) is 11.3. The van der Waals surface area contributed by atoms with Gasteiger partial charge in [-0.15, -0.1) is 0 Å². The molecule has 3 nitrogen and oxygen atoms in total. The fraction of sp³-hybridized carbons (Fsp3) is 0.583. The van der Waals surface area contributed by atoms with Gasteiger partial charge in [-0.05, 0) is 37.4 Å². The lowest BCUT2D eigenvalue weighted by molar-refractivity contribution is 0.216. The molecule has 0 aromatic carbocycles. The summed E-state index contributed by atoms with van der Waals surface area (Å²) in [5.41, 5.74) is 1.04. The van der Waals surface area contributed by atoms with E-state index < -0.39 is 0 Å². The van der Waals surface area contributed by atoms with Gasteiger partial charge in [-0.2, -0.15) is 0 Å². The van der Waals surface area contributed by atoms with Crippen molar-refractivity contribution < 1.29 is 9.13 Å². The van der Waals surface area contributed by atoms with Crippen LogP contribution in [0.5, 0.6) is 5.75 Å². The highest BCUT2D eigenvalue weighted by molar-refractivity contribution is 5.23. The second kappa shape index (κ2) is 5.80. The molecule has 0 radical (unpaired) electrons. The fourth-order valence-corrected chi connectivity index (χ4v) is 1.64. The minimum absolute atomic E-state index is 0.281. The Bertz CT molecular complexity index is 329. The van der Waals surface area contributed by atoms with E-state index in [4.69, 9.17) is 4.74 Å². The molecule has 0 aliphatic carbocycles. The summed E-state index contributed by atoms with van der Waals surface area (Å²) in [5.74, 6) is 0.782. The van der Waals surface area contributed by atoms with Gasteiger partial charge < -0.3 is 10.1 Å². The third-order valence-corrected chi connectivity index (χ3v) is 2.75. The average molecular weight is 224 g/mol. The molecule has 0 amide bonds. The standard InChI is InChI=1S/C12H17FN2O/c13-4-1-2-10-6-12(8-14-7-10)16-9-11-3-5-15-11/h6-8,11,15H,1-5,9H2. The van der Waals surface area contributed by atoms with Gasteiger partial charge in [-0.3, -0.25) is 9.37 Å². The highest BCUT2D eigenvalue weighted by atomic mass is 19.1. The van der Waals surface area contributed by atoms with Crippen LogP contribution in [0.2, 0.25) is 0 Å². The summed E-state index contributed by atoms with van der Waals surface area (Å²) < 4.78 is 17.6. The number of nitrogens with zero attached hydrogens (tertiary/aromatic N) is 1. The Balaban J connectivity index is 1.82. The Morgan fingerprint density at radius 3 is 3.06 bits per heavy atom. The second-order valence-corrected chi connectivity index (χ2v) is 4.07. The summed E-state index contributed by atoms with van der Waals surface area (Å²) in [6.07, 6.45) is 5.92. The van der Waals surface area contributed by atoms with E-state index in [2.05, 4.69) is 10.3 Å². The van der Waals surface area contributed by atoms with Gasteiger partial charge >= 0.3 is 0 Å². The molecule has 1 atom stereocenters. The van der Waals surface area contributed by atoms with E-state index in [1.54, 1.807) is 12.4 Å². The molecule has 1 N–H and O–H groups in total. The Kier molecular flexibility index (Phi) is 4.10. The molecule has 88 valence electrons. The molecule has 0 spiro atoms. The van der Waals surface area contributed by atoms with Crippen LogP contribution in [0.25, 0.3) is 0 Å². The maximum atomic E-state index is 12.0. The van der Waals surface area contributed by atoms with Crippen LogP contribution in [0.15, 0.2) is 18.5 Å². The Morgan fingerprint density at radius 1 is 1.50 bits per heavy atom. The van der Waals surface area contributed by atoms with E-state index in [1.165, 1.54) is 6.42 Å². The van der Waals surface area contributed by atoms with E-state index in [9.17, 15) is 4.39 Å². The van der Waals surface area contributed by atoms with Gasteiger partial charge in [-0.1, -0.05) is 0 Å². The van der Waals surface area contributed by atoms with Gasteiger partial charge in [0.15, 0.2) is 0 Å². The number of pyridine rings is 1. The average Bonchev–Trinajstić information content (AvgIpc) is 2.25. The first-order valence-corrected chi connectivity index (χ1v) is 5.74. The number of hydrogen-bond donors (Lipinski definition) is 1. The molecule has 1 aromatic rings. The Morgan fingerprint density at radius 2 is 2.38 bits per heavy atom. The maximum absolute atomic E-state index is 12.0. The minimum atomic E-state index is -0.281. The molecule has 0 saturated carbocycles. The molecule has 16 heavy (non-hydrogen) atoms. The van der Waals surface area contributed by atoms with E-state index in [-0.39, 0.29) is 6.67 Å². The molecular weight excluding hydrogens is 207 g/mol. The fourth-order valence-electron chi connectivity index (χ4n) is 1.64. The van der Waals surface area contributed by atoms with Gasteiger partial charge in [0, 0.05) is 12.2 Å². The van der Waals surface area contributed by atoms with Crippen molar-refractivity contribution in [2.75, 3.05) is 19.8 Å². The number of nitrogens with one attached hydrogen (secondary N) is 1. The van der Waals surface area contributed by atoms with Crippen molar-refractivity contribution >= 4 is 0 Å². The van der Waals surface area contributed by atoms with Crippen LogP contribution in [0.3, 0.4) is 0 Å². The summed E-state index contributed by atoms with van der Waals surface area (Å²) in [6.45, 7) is 1.49. The summed E-state index contributed by atoms with van der Waals surface area (Å²) >= 11 is 0. The van der Waals surface area contributed by atoms with Gasteiger partial charge in [0.25, 0.3) is 0 Å². The largest absolute Gasteiger partial charge is 0.490 e. The Hall–Kier alpha value is -1.16. The molecule has 1 saturated heterocycles. The van der Waals surface area contributed by atoms with Crippen molar-refractivity contribution in [3.8, 4) is 5.75 Å². The monoisotopic (exact) mass is 224 g/mol. The van der Waals surface area contributed by atoms with Crippen molar-refractivity contribution in [3.05, 3.63) is 24.0 Å². The summed E-state index contributed by atoms with van der Waals surface area (Å²) in [7, 11) is 0. The summed E-state index contributed by atoms with van der Waals surface area (Å²) in [6, 6.07) is 2.43. The number of aromatic nitrogens is 1. The lowest BCUT2D eigenvalue weighted by atomic mass is 10.1. The topological polar surface area (TPSA) is 34.1 Å². The molecular formula is C12H17FN2O. The molecule has 1 aliphatic rings.